The number of halogens is 1. The van der Waals surface area contributed by atoms with Crippen molar-refractivity contribution in [3.8, 4) is 5.75 Å². The van der Waals surface area contributed by atoms with Crippen LogP contribution in [0.5, 0.6) is 5.75 Å². The Bertz CT molecular complexity index is 445. The van der Waals surface area contributed by atoms with Crippen molar-refractivity contribution in [2.24, 2.45) is 0 Å². The molecule has 3 nitrogen and oxygen atoms in total. The minimum absolute atomic E-state index is 0.0856. The average molecular weight is 274 g/mol. The molecule has 1 aromatic carbocycles. The number of thioether (sulfide) groups is 2. The molecule has 6 heteroatoms. The lowest BCUT2D eigenvalue weighted by Crippen LogP contribution is -2.04. The summed E-state index contributed by atoms with van der Waals surface area (Å²) >= 11 is 3.21. The zero-order valence-electron chi connectivity index (χ0n) is 8.85. The maximum Gasteiger partial charge on any atom is 0.335 e. The van der Waals surface area contributed by atoms with E-state index in [-0.39, 0.29) is 10.1 Å². The predicted molar refractivity (Wildman–Crippen MR) is 67.3 cm³/mol. The van der Waals surface area contributed by atoms with Gasteiger partial charge in [-0.25, -0.2) is 9.18 Å². The third kappa shape index (κ3) is 2.69. The van der Waals surface area contributed by atoms with Gasteiger partial charge in [0.15, 0.2) is 11.6 Å². The fourth-order valence-corrected chi connectivity index (χ4v) is 4.50. The number of phenolic OH excluding ortho intramolecular Hbond substituents is 1. The molecule has 0 bridgehead atoms. The van der Waals surface area contributed by atoms with Crippen molar-refractivity contribution in [1.29, 1.82) is 0 Å². The van der Waals surface area contributed by atoms with Crippen molar-refractivity contribution in [2.45, 2.75) is 11.0 Å². The molecule has 0 unspecified atom stereocenters. The van der Waals surface area contributed by atoms with Crippen molar-refractivity contribution in [1.82, 2.24) is 0 Å². The minimum atomic E-state index is -1.18. The van der Waals surface area contributed by atoms with Crippen LogP contribution in [-0.4, -0.2) is 27.7 Å². The fourth-order valence-electron chi connectivity index (χ4n) is 1.59. The van der Waals surface area contributed by atoms with Crippen LogP contribution in [0.25, 0.3) is 0 Å². The molecule has 0 saturated carbocycles. The standard InChI is InChI=1S/C11H11FO3S2/c12-8-5-6(10(14)15)4-7(9(8)13)11-16-2-1-3-17-11/h4-5,11,13H,1-3H2,(H,14,15). The van der Waals surface area contributed by atoms with Gasteiger partial charge in [-0.15, -0.1) is 23.5 Å². The molecule has 1 aromatic rings. The molecule has 1 aliphatic heterocycles. The van der Waals surface area contributed by atoms with Gasteiger partial charge >= 0.3 is 5.97 Å². The number of hydrogen-bond acceptors (Lipinski definition) is 4. The van der Waals surface area contributed by atoms with E-state index >= 15 is 0 Å². The summed E-state index contributed by atoms with van der Waals surface area (Å²) in [5, 5.41) is 18.5. The number of carboxylic acids is 1. The second kappa shape index (κ2) is 5.18. The quantitative estimate of drug-likeness (QED) is 0.868. The molecule has 1 fully saturated rings. The summed E-state index contributed by atoms with van der Waals surface area (Å²) in [7, 11) is 0. The Kier molecular flexibility index (Phi) is 3.83. The van der Waals surface area contributed by atoms with E-state index in [9.17, 15) is 14.3 Å². The molecule has 1 saturated heterocycles. The maximum absolute atomic E-state index is 13.4. The normalized spacial score (nSPS) is 17.0. The summed E-state index contributed by atoms with van der Waals surface area (Å²) < 4.78 is 13.3. The lowest BCUT2D eigenvalue weighted by molar-refractivity contribution is 0.0696. The van der Waals surface area contributed by atoms with Crippen molar-refractivity contribution in [3.05, 3.63) is 29.1 Å². The highest BCUT2D eigenvalue weighted by molar-refractivity contribution is 8.16. The lowest BCUT2D eigenvalue weighted by atomic mass is 10.1. The first-order valence-electron chi connectivity index (χ1n) is 5.08. The maximum atomic E-state index is 13.4. The predicted octanol–water partition coefficient (Wildman–Crippen LogP) is 3.10. The average Bonchev–Trinajstić information content (AvgIpc) is 2.33. The summed E-state index contributed by atoms with van der Waals surface area (Å²) in [5.41, 5.74) is 0.249. The molecule has 0 atom stereocenters. The largest absolute Gasteiger partial charge is 0.505 e. The Morgan fingerprint density at radius 3 is 2.59 bits per heavy atom. The number of hydrogen-bond donors (Lipinski definition) is 2. The van der Waals surface area contributed by atoms with E-state index in [1.807, 2.05) is 0 Å². The van der Waals surface area contributed by atoms with Crippen LogP contribution in [0.4, 0.5) is 4.39 Å². The molecule has 0 aromatic heterocycles. The molecule has 0 spiro atoms. The van der Waals surface area contributed by atoms with Gasteiger partial charge in [0.25, 0.3) is 0 Å². The van der Waals surface area contributed by atoms with Gasteiger partial charge in [0.2, 0.25) is 0 Å². The lowest BCUT2D eigenvalue weighted by Gasteiger charge is -2.22. The van der Waals surface area contributed by atoms with E-state index in [0.29, 0.717) is 5.56 Å². The summed E-state index contributed by atoms with van der Waals surface area (Å²) in [5.74, 6) is -0.601. The zero-order chi connectivity index (χ0) is 12.4. The Morgan fingerprint density at radius 1 is 1.35 bits per heavy atom. The van der Waals surface area contributed by atoms with Crippen molar-refractivity contribution < 1.29 is 19.4 Å². The van der Waals surface area contributed by atoms with Gasteiger partial charge in [-0.05, 0) is 30.1 Å². The number of phenols is 1. The Labute approximate surface area is 106 Å². The van der Waals surface area contributed by atoms with Crippen LogP contribution in [0.1, 0.15) is 26.9 Å². The molecule has 0 aliphatic carbocycles. The van der Waals surface area contributed by atoms with Crippen LogP contribution in [0, 0.1) is 5.82 Å². The summed E-state index contributed by atoms with van der Waals surface area (Å²) in [6, 6.07) is 2.20. The van der Waals surface area contributed by atoms with Crippen molar-refractivity contribution >= 4 is 29.5 Å². The fraction of sp³-hybridized carbons (Fsp3) is 0.364. The minimum Gasteiger partial charge on any atom is -0.505 e. The van der Waals surface area contributed by atoms with E-state index in [1.54, 1.807) is 23.5 Å². The van der Waals surface area contributed by atoms with Gasteiger partial charge in [-0.3, -0.25) is 0 Å². The summed E-state index contributed by atoms with van der Waals surface area (Å²) in [4.78, 5) is 10.8. The van der Waals surface area contributed by atoms with Gasteiger partial charge < -0.3 is 10.2 Å². The highest BCUT2D eigenvalue weighted by Crippen LogP contribution is 2.47. The van der Waals surface area contributed by atoms with Crippen LogP contribution >= 0.6 is 23.5 Å². The third-order valence-electron chi connectivity index (χ3n) is 2.42. The second-order valence-electron chi connectivity index (χ2n) is 3.63. The van der Waals surface area contributed by atoms with Gasteiger partial charge in [0.05, 0.1) is 10.1 Å². The number of benzene rings is 1. The first-order valence-corrected chi connectivity index (χ1v) is 7.18. The van der Waals surface area contributed by atoms with E-state index in [4.69, 9.17) is 5.11 Å². The molecule has 0 radical (unpaired) electrons. The SMILES string of the molecule is O=C(O)c1cc(F)c(O)c(C2SCCCS2)c1. The monoisotopic (exact) mass is 274 g/mol. The molecule has 92 valence electrons. The molecule has 1 heterocycles. The van der Waals surface area contributed by atoms with Gasteiger partial charge in [0, 0.05) is 5.56 Å². The topological polar surface area (TPSA) is 57.5 Å². The molecular weight excluding hydrogens is 263 g/mol. The van der Waals surface area contributed by atoms with Crippen LogP contribution in [0.3, 0.4) is 0 Å². The van der Waals surface area contributed by atoms with E-state index in [2.05, 4.69) is 0 Å². The Hall–Kier alpha value is -0.880. The Balaban J connectivity index is 2.40. The van der Waals surface area contributed by atoms with Crippen LogP contribution < -0.4 is 0 Å². The number of carbonyl (C=O) groups is 1. The van der Waals surface area contributed by atoms with Crippen LogP contribution in [0.2, 0.25) is 0 Å². The summed E-state index contributed by atoms with van der Waals surface area (Å²) in [6.07, 6.45) is 1.08. The number of rotatable bonds is 2. The number of aromatic hydroxyl groups is 1. The molecule has 2 N–H and O–H groups in total. The van der Waals surface area contributed by atoms with E-state index in [1.165, 1.54) is 6.07 Å². The van der Waals surface area contributed by atoms with Gasteiger partial charge in [0.1, 0.15) is 0 Å². The first kappa shape index (κ1) is 12.6. The molecule has 0 amide bonds. The molecule has 17 heavy (non-hydrogen) atoms. The summed E-state index contributed by atoms with van der Waals surface area (Å²) in [6.45, 7) is 0. The highest BCUT2D eigenvalue weighted by atomic mass is 32.2. The van der Waals surface area contributed by atoms with Crippen molar-refractivity contribution in [3.63, 3.8) is 0 Å². The van der Waals surface area contributed by atoms with Crippen LogP contribution in [0.15, 0.2) is 12.1 Å². The number of carboxylic acid groups (broad SMARTS) is 1. The van der Waals surface area contributed by atoms with Gasteiger partial charge in [-0.2, -0.15) is 0 Å². The number of aromatic carboxylic acids is 1. The van der Waals surface area contributed by atoms with E-state index in [0.717, 1.165) is 24.0 Å². The third-order valence-corrected chi connectivity index (χ3v) is 5.40. The smallest absolute Gasteiger partial charge is 0.335 e. The zero-order valence-corrected chi connectivity index (χ0v) is 10.5. The van der Waals surface area contributed by atoms with E-state index < -0.39 is 17.5 Å². The van der Waals surface area contributed by atoms with Crippen LogP contribution in [-0.2, 0) is 0 Å². The van der Waals surface area contributed by atoms with Crippen molar-refractivity contribution in [2.75, 3.05) is 11.5 Å². The Morgan fingerprint density at radius 2 is 2.00 bits per heavy atom. The second-order valence-corrected chi connectivity index (χ2v) is 6.35. The molecule has 2 rings (SSSR count). The highest BCUT2D eigenvalue weighted by Gasteiger charge is 2.23. The molecule has 1 aliphatic rings. The molecular formula is C11H11FO3S2. The first-order chi connectivity index (χ1) is 8.09. The van der Waals surface area contributed by atoms with Gasteiger partial charge in [-0.1, -0.05) is 0 Å².